The molecule has 2 fully saturated rings. The fraction of sp³-hybridized carbons (Fsp3) is 1.00. The average molecular weight is 233 g/mol. The quantitative estimate of drug-likeness (QED) is 0.809. The maximum Gasteiger partial charge on any atom is 0.248 e. The number of rotatable bonds is 3. The fourth-order valence-corrected chi connectivity index (χ4v) is 2.54. The third-order valence-electron chi connectivity index (χ3n) is 3.69. The molecule has 0 radical (unpaired) electrons. The average Bonchev–Trinajstić information content (AvgIpc) is 2.29. The summed E-state index contributed by atoms with van der Waals surface area (Å²) in [4.78, 5) is 0. The molecule has 0 aromatic heterocycles. The van der Waals surface area contributed by atoms with Crippen molar-refractivity contribution in [3.63, 3.8) is 0 Å². The van der Waals surface area contributed by atoms with Gasteiger partial charge in [0.25, 0.3) is 0 Å². The standard InChI is InChI=1S/C12H21F2NO/c13-12(14)5-3-10(4-6-12)8-15-11-2-1-7-16-9-11/h10-11,15H,1-9H2. The minimum Gasteiger partial charge on any atom is -0.380 e. The zero-order chi connectivity index (χ0) is 11.4. The first-order valence-electron chi connectivity index (χ1n) is 6.35. The Labute approximate surface area is 95.7 Å². The second-order valence-corrected chi connectivity index (χ2v) is 5.12. The molecular weight excluding hydrogens is 212 g/mol. The van der Waals surface area contributed by atoms with Gasteiger partial charge in [-0.05, 0) is 38.1 Å². The molecule has 0 spiro atoms. The van der Waals surface area contributed by atoms with E-state index in [1.165, 1.54) is 0 Å². The number of ether oxygens (including phenoxy) is 1. The van der Waals surface area contributed by atoms with Gasteiger partial charge >= 0.3 is 0 Å². The van der Waals surface area contributed by atoms with Crippen LogP contribution in [0.25, 0.3) is 0 Å². The topological polar surface area (TPSA) is 21.3 Å². The lowest BCUT2D eigenvalue weighted by Gasteiger charge is -2.30. The van der Waals surface area contributed by atoms with Crippen LogP contribution in [0, 0.1) is 5.92 Å². The molecule has 1 N–H and O–H groups in total. The molecule has 2 nitrogen and oxygen atoms in total. The van der Waals surface area contributed by atoms with Crippen LogP contribution in [0.1, 0.15) is 38.5 Å². The number of alkyl halides is 2. The number of nitrogens with one attached hydrogen (secondary N) is 1. The van der Waals surface area contributed by atoms with E-state index in [9.17, 15) is 8.78 Å². The maximum atomic E-state index is 12.9. The van der Waals surface area contributed by atoms with Gasteiger partial charge < -0.3 is 10.1 Å². The van der Waals surface area contributed by atoms with E-state index in [1.807, 2.05) is 0 Å². The van der Waals surface area contributed by atoms with Gasteiger partial charge in [0.1, 0.15) is 0 Å². The van der Waals surface area contributed by atoms with Crippen LogP contribution >= 0.6 is 0 Å². The van der Waals surface area contributed by atoms with Crippen molar-refractivity contribution in [3.05, 3.63) is 0 Å². The lowest BCUT2D eigenvalue weighted by atomic mass is 9.86. The third kappa shape index (κ3) is 3.67. The minimum atomic E-state index is -2.40. The van der Waals surface area contributed by atoms with Gasteiger partial charge in [0.15, 0.2) is 0 Å². The first-order chi connectivity index (χ1) is 7.66. The van der Waals surface area contributed by atoms with Crippen LogP contribution in [0.5, 0.6) is 0 Å². The molecule has 2 rings (SSSR count). The van der Waals surface area contributed by atoms with Gasteiger partial charge in [-0.15, -0.1) is 0 Å². The normalized spacial score (nSPS) is 31.5. The Balaban J connectivity index is 1.63. The van der Waals surface area contributed by atoms with E-state index in [0.29, 0.717) is 24.8 Å². The summed E-state index contributed by atoms with van der Waals surface area (Å²) in [6.07, 6.45) is 3.73. The van der Waals surface area contributed by atoms with Gasteiger partial charge in [0.2, 0.25) is 5.92 Å². The van der Waals surface area contributed by atoms with E-state index in [1.54, 1.807) is 0 Å². The van der Waals surface area contributed by atoms with Crippen molar-refractivity contribution >= 4 is 0 Å². The van der Waals surface area contributed by atoms with Gasteiger partial charge in [-0.25, -0.2) is 8.78 Å². The molecule has 0 amide bonds. The van der Waals surface area contributed by atoms with Gasteiger partial charge in [-0.3, -0.25) is 0 Å². The van der Waals surface area contributed by atoms with Crippen molar-refractivity contribution in [1.29, 1.82) is 0 Å². The van der Waals surface area contributed by atoms with Crippen LogP contribution in [0.4, 0.5) is 8.78 Å². The molecule has 0 aromatic rings. The van der Waals surface area contributed by atoms with Crippen LogP contribution in [0.3, 0.4) is 0 Å². The molecule has 1 aliphatic heterocycles. The molecule has 2 aliphatic rings. The summed E-state index contributed by atoms with van der Waals surface area (Å²) >= 11 is 0. The first kappa shape index (κ1) is 12.2. The Morgan fingerprint density at radius 3 is 2.56 bits per heavy atom. The van der Waals surface area contributed by atoms with Gasteiger partial charge in [-0.2, -0.15) is 0 Å². The summed E-state index contributed by atoms with van der Waals surface area (Å²) in [5.41, 5.74) is 0. The van der Waals surface area contributed by atoms with Gasteiger partial charge in [0.05, 0.1) is 6.61 Å². The summed E-state index contributed by atoms with van der Waals surface area (Å²) in [5, 5.41) is 3.45. The number of hydrogen-bond acceptors (Lipinski definition) is 2. The highest BCUT2D eigenvalue weighted by atomic mass is 19.3. The largest absolute Gasteiger partial charge is 0.380 e. The van der Waals surface area contributed by atoms with Crippen molar-refractivity contribution in [1.82, 2.24) is 5.32 Å². The molecule has 94 valence electrons. The van der Waals surface area contributed by atoms with Crippen LogP contribution in [-0.2, 0) is 4.74 Å². The molecule has 4 heteroatoms. The Hall–Kier alpha value is -0.220. The highest BCUT2D eigenvalue weighted by Gasteiger charge is 2.34. The smallest absolute Gasteiger partial charge is 0.248 e. The summed E-state index contributed by atoms with van der Waals surface area (Å²) in [7, 11) is 0. The summed E-state index contributed by atoms with van der Waals surface area (Å²) in [6, 6.07) is 0.441. The lowest BCUT2D eigenvalue weighted by molar-refractivity contribution is -0.0461. The predicted octanol–water partition coefficient (Wildman–Crippen LogP) is 2.58. The molecule has 1 unspecified atom stereocenters. The Kier molecular flexibility index (Phi) is 4.14. The van der Waals surface area contributed by atoms with Crippen molar-refractivity contribution in [2.45, 2.75) is 50.5 Å². The summed E-state index contributed by atoms with van der Waals surface area (Å²) < 4.78 is 31.2. The number of hydrogen-bond donors (Lipinski definition) is 1. The highest BCUT2D eigenvalue weighted by molar-refractivity contribution is 4.80. The molecular formula is C12H21F2NO. The van der Waals surface area contributed by atoms with Crippen molar-refractivity contribution < 1.29 is 13.5 Å². The highest BCUT2D eigenvalue weighted by Crippen LogP contribution is 2.35. The SMILES string of the molecule is FC1(F)CCC(CNC2CCCOC2)CC1. The Bertz CT molecular complexity index is 207. The number of halogens is 2. The van der Waals surface area contributed by atoms with E-state index < -0.39 is 5.92 Å². The van der Waals surface area contributed by atoms with Crippen molar-refractivity contribution in [2.75, 3.05) is 19.8 Å². The van der Waals surface area contributed by atoms with E-state index in [2.05, 4.69) is 5.32 Å². The zero-order valence-electron chi connectivity index (χ0n) is 9.68. The molecule has 1 atom stereocenters. The van der Waals surface area contributed by atoms with E-state index in [4.69, 9.17) is 4.74 Å². The van der Waals surface area contributed by atoms with E-state index >= 15 is 0 Å². The zero-order valence-corrected chi connectivity index (χ0v) is 9.68. The maximum absolute atomic E-state index is 12.9. The second-order valence-electron chi connectivity index (χ2n) is 5.12. The molecule has 0 bridgehead atoms. The molecule has 1 saturated heterocycles. The fourth-order valence-electron chi connectivity index (χ4n) is 2.54. The van der Waals surface area contributed by atoms with Crippen molar-refractivity contribution in [2.24, 2.45) is 5.92 Å². The molecule has 1 saturated carbocycles. The Morgan fingerprint density at radius 2 is 1.94 bits per heavy atom. The molecule has 1 heterocycles. The van der Waals surface area contributed by atoms with E-state index in [0.717, 1.165) is 32.6 Å². The van der Waals surface area contributed by atoms with Crippen LogP contribution in [0.2, 0.25) is 0 Å². The first-order valence-corrected chi connectivity index (χ1v) is 6.35. The lowest BCUT2D eigenvalue weighted by Crippen LogP contribution is -2.40. The second kappa shape index (κ2) is 5.41. The third-order valence-corrected chi connectivity index (χ3v) is 3.69. The summed E-state index contributed by atoms with van der Waals surface area (Å²) in [6.45, 7) is 2.53. The minimum absolute atomic E-state index is 0.0700. The van der Waals surface area contributed by atoms with Crippen LogP contribution < -0.4 is 5.32 Å². The van der Waals surface area contributed by atoms with Gasteiger partial charge in [0, 0.05) is 25.5 Å². The summed E-state index contributed by atoms with van der Waals surface area (Å²) in [5.74, 6) is -1.97. The van der Waals surface area contributed by atoms with Crippen LogP contribution in [-0.4, -0.2) is 31.7 Å². The molecule has 16 heavy (non-hydrogen) atoms. The van der Waals surface area contributed by atoms with Crippen LogP contribution in [0.15, 0.2) is 0 Å². The Morgan fingerprint density at radius 1 is 1.19 bits per heavy atom. The predicted molar refractivity (Wildman–Crippen MR) is 58.7 cm³/mol. The van der Waals surface area contributed by atoms with Gasteiger partial charge in [-0.1, -0.05) is 0 Å². The monoisotopic (exact) mass is 233 g/mol. The molecule has 1 aliphatic carbocycles. The van der Waals surface area contributed by atoms with E-state index in [-0.39, 0.29) is 12.8 Å². The molecule has 0 aromatic carbocycles. The van der Waals surface area contributed by atoms with Crippen molar-refractivity contribution in [3.8, 4) is 0 Å².